The lowest BCUT2D eigenvalue weighted by Gasteiger charge is -2.16. The average Bonchev–Trinajstić information content (AvgIpc) is 2.42. The summed E-state index contributed by atoms with van der Waals surface area (Å²) >= 11 is 0. The largest absolute Gasteiger partial charge is 0.375 e. The van der Waals surface area contributed by atoms with Gasteiger partial charge in [0.05, 0.1) is 0 Å². The predicted molar refractivity (Wildman–Crippen MR) is 77.2 cm³/mol. The quantitative estimate of drug-likeness (QED) is 0.752. The highest BCUT2D eigenvalue weighted by molar-refractivity contribution is 5.94. The van der Waals surface area contributed by atoms with Gasteiger partial charge in [-0.1, -0.05) is 19.8 Å². The molecule has 0 radical (unpaired) electrons. The van der Waals surface area contributed by atoms with Gasteiger partial charge in [-0.15, -0.1) is 0 Å². The molecular formula is C15H24N2O. The molecule has 0 fully saturated rings. The average molecular weight is 248 g/mol. The molecule has 0 bridgehead atoms. The summed E-state index contributed by atoms with van der Waals surface area (Å²) in [5.74, 6) is 0.0248. The SMILES string of the molecule is CCCCCNC(=O)c1ccc(N(C)CC)cc1. The summed E-state index contributed by atoms with van der Waals surface area (Å²) in [7, 11) is 2.04. The Morgan fingerprint density at radius 1 is 1.17 bits per heavy atom. The van der Waals surface area contributed by atoms with Crippen LogP contribution in [0.2, 0.25) is 0 Å². The van der Waals surface area contributed by atoms with Crippen molar-refractivity contribution in [2.24, 2.45) is 0 Å². The van der Waals surface area contributed by atoms with Crippen molar-refractivity contribution < 1.29 is 4.79 Å². The molecule has 1 N–H and O–H groups in total. The number of anilines is 1. The molecule has 1 rings (SSSR count). The molecule has 0 spiro atoms. The van der Waals surface area contributed by atoms with E-state index in [-0.39, 0.29) is 5.91 Å². The van der Waals surface area contributed by atoms with Gasteiger partial charge in [-0.25, -0.2) is 0 Å². The van der Waals surface area contributed by atoms with E-state index in [1.165, 1.54) is 12.8 Å². The molecule has 0 saturated heterocycles. The number of nitrogens with zero attached hydrogens (tertiary/aromatic N) is 1. The number of amides is 1. The van der Waals surface area contributed by atoms with Gasteiger partial charge in [0.2, 0.25) is 0 Å². The number of carbonyl (C=O) groups excluding carboxylic acids is 1. The standard InChI is InChI=1S/C15H24N2O/c1-4-6-7-12-16-15(18)13-8-10-14(11-9-13)17(3)5-2/h8-11H,4-7,12H2,1-3H3,(H,16,18). The molecule has 0 atom stereocenters. The third kappa shape index (κ3) is 4.40. The van der Waals surface area contributed by atoms with Crippen LogP contribution in [0.25, 0.3) is 0 Å². The van der Waals surface area contributed by atoms with Crippen molar-refractivity contribution in [3.8, 4) is 0 Å². The number of hydrogen-bond donors (Lipinski definition) is 1. The van der Waals surface area contributed by atoms with E-state index in [9.17, 15) is 4.79 Å². The lowest BCUT2D eigenvalue weighted by molar-refractivity contribution is 0.0953. The van der Waals surface area contributed by atoms with E-state index in [1.54, 1.807) is 0 Å². The smallest absolute Gasteiger partial charge is 0.251 e. The van der Waals surface area contributed by atoms with E-state index in [0.717, 1.165) is 30.8 Å². The Bertz CT molecular complexity index is 359. The third-order valence-electron chi connectivity index (χ3n) is 3.11. The number of hydrogen-bond acceptors (Lipinski definition) is 2. The fourth-order valence-corrected chi connectivity index (χ4v) is 1.73. The number of nitrogens with one attached hydrogen (secondary N) is 1. The van der Waals surface area contributed by atoms with Crippen molar-refractivity contribution in [1.29, 1.82) is 0 Å². The van der Waals surface area contributed by atoms with Crippen LogP contribution < -0.4 is 10.2 Å². The number of rotatable bonds is 7. The van der Waals surface area contributed by atoms with Gasteiger partial charge < -0.3 is 10.2 Å². The van der Waals surface area contributed by atoms with Crippen molar-refractivity contribution in [2.75, 3.05) is 25.0 Å². The minimum atomic E-state index is 0.0248. The highest BCUT2D eigenvalue weighted by Crippen LogP contribution is 2.13. The topological polar surface area (TPSA) is 32.3 Å². The van der Waals surface area contributed by atoms with Gasteiger partial charge in [0.15, 0.2) is 0 Å². The van der Waals surface area contributed by atoms with Gasteiger partial charge in [-0.05, 0) is 37.6 Å². The van der Waals surface area contributed by atoms with E-state index in [0.29, 0.717) is 0 Å². The second-order valence-electron chi connectivity index (χ2n) is 4.52. The van der Waals surface area contributed by atoms with Gasteiger partial charge >= 0.3 is 0 Å². The summed E-state index contributed by atoms with van der Waals surface area (Å²) in [4.78, 5) is 14.0. The second-order valence-corrected chi connectivity index (χ2v) is 4.52. The molecule has 1 amide bonds. The molecule has 3 nitrogen and oxygen atoms in total. The Morgan fingerprint density at radius 3 is 2.39 bits per heavy atom. The van der Waals surface area contributed by atoms with Gasteiger partial charge in [0, 0.05) is 31.4 Å². The highest BCUT2D eigenvalue weighted by Gasteiger charge is 2.05. The zero-order valence-electron chi connectivity index (χ0n) is 11.7. The van der Waals surface area contributed by atoms with Crippen LogP contribution in [0.4, 0.5) is 5.69 Å². The molecule has 1 aromatic rings. The maximum Gasteiger partial charge on any atom is 0.251 e. The van der Waals surface area contributed by atoms with Crippen molar-refractivity contribution in [3.05, 3.63) is 29.8 Å². The van der Waals surface area contributed by atoms with Crippen LogP contribution in [0.5, 0.6) is 0 Å². The van der Waals surface area contributed by atoms with Crippen molar-refractivity contribution in [2.45, 2.75) is 33.1 Å². The van der Waals surface area contributed by atoms with Crippen LogP contribution in [-0.4, -0.2) is 26.0 Å². The van der Waals surface area contributed by atoms with Gasteiger partial charge in [0.25, 0.3) is 5.91 Å². The van der Waals surface area contributed by atoms with E-state index >= 15 is 0 Å². The molecule has 3 heteroatoms. The molecule has 0 aliphatic rings. The molecule has 0 heterocycles. The van der Waals surface area contributed by atoms with Gasteiger partial charge in [-0.3, -0.25) is 4.79 Å². The van der Waals surface area contributed by atoms with Crippen LogP contribution in [0, 0.1) is 0 Å². The van der Waals surface area contributed by atoms with Crippen LogP contribution in [-0.2, 0) is 0 Å². The summed E-state index contributed by atoms with van der Waals surface area (Å²) < 4.78 is 0. The van der Waals surface area contributed by atoms with Crippen LogP contribution in [0.3, 0.4) is 0 Å². The Balaban J connectivity index is 2.49. The zero-order chi connectivity index (χ0) is 13.4. The van der Waals surface area contributed by atoms with Crippen molar-refractivity contribution >= 4 is 11.6 Å². The van der Waals surface area contributed by atoms with Gasteiger partial charge in [-0.2, -0.15) is 0 Å². The normalized spacial score (nSPS) is 10.2. The summed E-state index contributed by atoms with van der Waals surface area (Å²) in [5, 5.41) is 2.94. The van der Waals surface area contributed by atoms with E-state index in [1.807, 2.05) is 31.3 Å². The molecule has 100 valence electrons. The fourth-order valence-electron chi connectivity index (χ4n) is 1.73. The Morgan fingerprint density at radius 2 is 1.83 bits per heavy atom. The molecule has 18 heavy (non-hydrogen) atoms. The van der Waals surface area contributed by atoms with Crippen LogP contribution in [0.15, 0.2) is 24.3 Å². The number of benzene rings is 1. The summed E-state index contributed by atoms with van der Waals surface area (Å²) in [6.07, 6.45) is 3.40. The summed E-state index contributed by atoms with van der Waals surface area (Å²) in [6.45, 7) is 5.99. The first-order valence-corrected chi connectivity index (χ1v) is 6.78. The van der Waals surface area contributed by atoms with Crippen molar-refractivity contribution in [1.82, 2.24) is 5.32 Å². The first-order valence-electron chi connectivity index (χ1n) is 6.78. The molecule has 1 aromatic carbocycles. The van der Waals surface area contributed by atoms with Crippen molar-refractivity contribution in [3.63, 3.8) is 0 Å². The van der Waals surface area contributed by atoms with Gasteiger partial charge in [0.1, 0.15) is 0 Å². The van der Waals surface area contributed by atoms with E-state index in [2.05, 4.69) is 24.1 Å². The molecule has 0 saturated carbocycles. The number of unbranched alkanes of at least 4 members (excludes halogenated alkanes) is 2. The summed E-state index contributed by atoms with van der Waals surface area (Å²) in [5.41, 5.74) is 1.87. The van der Waals surface area contributed by atoms with Crippen LogP contribution >= 0.6 is 0 Å². The third-order valence-corrected chi connectivity index (χ3v) is 3.11. The predicted octanol–water partition coefficient (Wildman–Crippen LogP) is 3.06. The molecule has 0 aromatic heterocycles. The summed E-state index contributed by atoms with van der Waals surface area (Å²) in [6, 6.07) is 7.75. The lowest BCUT2D eigenvalue weighted by atomic mass is 10.2. The minimum Gasteiger partial charge on any atom is -0.375 e. The zero-order valence-corrected chi connectivity index (χ0v) is 11.7. The first-order chi connectivity index (χ1) is 8.69. The number of carbonyl (C=O) groups is 1. The molecule has 0 aliphatic carbocycles. The monoisotopic (exact) mass is 248 g/mol. The highest BCUT2D eigenvalue weighted by atomic mass is 16.1. The van der Waals surface area contributed by atoms with Crippen LogP contribution in [0.1, 0.15) is 43.5 Å². The minimum absolute atomic E-state index is 0.0248. The lowest BCUT2D eigenvalue weighted by Crippen LogP contribution is -2.24. The molecule has 0 aliphatic heterocycles. The molecule has 0 unspecified atom stereocenters. The Labute approximate surface area is 110 Å². The Kier molecular flexibility index (Phi) is 6.26. The fraction of sp³-hybridized carbons (Fsp3) is 0.533. The van der Waals surface area contributed by atoms with E-state index < -0.39 is 0 Å². The molecular weight excluding hydrogens is 224 g/mol. The second kappa shape index (κ2) is 7.75. The first kappa shape index (κ1) is 14.6. The Hall–Kier alpha value is -1.51. The maximum absolute atomic E-state index is 11.8. The van der Waals surface area contributed by atoms with E-state index in [4.69, 9.17) is 0 Å². The maximum atomic E-state index is 11.8.